The molecule has 0 spiro atoms. The zero-order valence-electron chi connectivity index (χ0n) is 11.9. The van der Waals surface area contributed by atoms with Crippen LogP contribution in [-0.4, -0.2) is 10.2 Å². The van der Waals surface area contributed by atoms with Crippen molar-refractivity contribution in [3.05, 3.63) is 47.7 Å². The fourth-order valence-corrected chi connectivity index (χ4v) is 2.70. The topological polar surface area (TPSA) is 51.0 Å². The third-order valence-corrected chi connectivity index (χ3v) is 4.06. The minimum atomic E-state index is 0.369. The molecule has 1 aliphatic carbocycles. The number of benzene rings is 1. The van der Waals surface area contributed by atoms with Crippen LogP contribution >= 0.6 is 0 Å². The summed E-state index contributed by atoms with van der Waals surface area (Å²) in [7, 11) is 0. The summed E-state index contributed by atoms with van der Waals surface area (Å²) in [5, 5.41) is 11.5. The van der Waals surface area contributed by atoms with E-state index in [1.807, 2.05) is 6.92 Å². The zero-order chi connectivity index (χ0) is 13.8. The van der Waals surface area contributed by atoms with Gasteiger partial charge >= 0.3 is 0 Å². The lowest BCUT2D eigenvalue weighted by atomic mass is 9.79. The highest BCUT2D eigenvalue weighted by molar-refractivity contribution is 5.19. The number of hydrogen-bond acceptors (Lipinski definition) is 4. The first-order chi connectivity index (χ1) is 9.81. The Morgan fingerprint density at radius 1 is 1.25 bits per heavy atom. The summed E-state index contributed by atoms with van der Waals surface area (Å²) in [5.41, 5.74) is 1.34. The van der Waals surface area contributed by atoms with E-state index < -0.39 is 0 Å². The van der Waals surface area contributed by atoms with Crippen LogP contribution in [0.3, 0.4) is 0 Å². The van der Waals surface area contributed by atoms with Gasteiger partial charge in [-0.15, -0.1) is 10.2 Å². The lowest BCUT2D eigenvalue weighted by Crippen LogP contribution is -2.26. The second kappa shape index (κ2) is 6.18. The monoisotopic (exact) mass is 271 g/mol. The average Bonchev–Trinajstić information content (AvgIpc) is 2.84. The molecule has 1 aromatic carbocycles. The van der Waals surface area contributed by atoms with Crippen LogP contribution in [0, 0.1) is 12.8 Å². The second-order valence-electron chi connectivity index (χ2n) is 5.59. The van der Waals surface area contributed by atoms with E-state index in [4.69, 9.17) is 4.42 Å². The van der Waals surface area contributed by atoms with Gasteiger partial charge in [0.15, 0.2) is 0 Å². The summed E-state index contributed by atoms with van der Waals surface area (Å²) in [5.74, 6) is 2.14. The molecular formula is C16H21N3O. The number of aryl methyl sites for hydroxylation is 1. The zero-order valence-corrected chi connectivity index (χ0v) is 11.9. The molecule has 0 amide bonds. The van der Waals surface area contributed by atoms with Crippen molar-refractivity contribution in [3.63, 3.8) is 0 Å². The van der Waals surface area contributed by atoms with Crippen LogP contribution in [0.4, 0.5) is 0 Å². The molecule has 106 valence electrons. The minimum Gasteiger partial charge on any atom is -0.424 e. The molecule has 1 fully saturated rings. The smallest absolute Gasteiger partial charge is 0.230 e. The Balaban J connectivity index is 1.65. The van der Waals surface area contributed by atoms with Crippen LogP contribution in [0.1, 0.15) is 49.1 Å². The SMILES string of the molecule is Cc1nnc(CN[C@H](CC2CCC2)c2ccccc2)o1. The Bertz CT molecular complexity index is 534. The van der Waals surface area contributed by atoms with Gasteiger partial charge in [-0.25, -0.2) is 0 Å². The molecular weight excluding hydrogens is 250 g/mol. The predicted octanol–water partition coefficient (Wildman–Crippen LogP) is 3.40. The summed E-state index contributed by atoms with van der Waals surface area (Å²) >= 11 is 0. The van der Waals surface area contributed by atoms with E-state index in [0.717, 1.165) is 5.92 Å². The van der Waals surface area contributed by atoms with E-state index in [9.17, 15) is 0 Å². The fourth-order valence-electron chi connectivity index (χ4n) is 2.70. The average molecular weight is 271 g/mol. The molecule has 0 aliphatic heterocycles. The van der Waals surface area contributed by atoms with Crippen LogP contribution < -0.4 is 5.32 Å². The third-order valence-electron chi connectivity index (χ3n) is 4.06. The lowest BCUT2D eigenvalue weighted by Gasteiger charge is -2.30. The van der Waals surface area contributed by atoms with Crippen molar-refractivity contribution in [2.24, 2.45) is 5.92 Å². The van der Waals surface area contributed by atoms with Crippen molar-refractivity contribution in [2.45, 2.75) is 45.2 Å². The molecule has 0 saturated heterocycles. The van der Waals surface area contributed by atoms with Gasteiger partial charge in [-0.3, -0.25) is 0 Å². The van der Waals surface area contributed by atoms with Crippen molar-refractivity contribution in [2.75, 3.05) is 0 Å². The van der Waals surface area contributed by atoms with Crippen molar-refractivity contribution in [3.8, 4) is 0 Å². The van der Waals surface area contributed by atoms with Gasteiger partial charge in [0.05, 0.1) is 6.54 Å². The molecule has 1 aromatic heterocycles. The molecule has 1 N–H and O–H groups in total. The van der Waals surface area contributed by atoms with Gasteiger partial charge in [0.1, 0.15) is 0 Å². The van der Waals surface area contributed by atoms with E-state index in [0.29, 0.717) is 24.4 Å². The number of nitrogens with zero attached hydrogens (tertiary/aromatic N) is 2. The van der Waals surface area contributed by atoms with E-state index in [-0.39, 0.29) is 0 Å². The molecule has 1 heterocycles. The molecule has 1 atom stereocenters. The molecule has 3 rings (SSSR count). The Hall–Kier alpha value is -1.68. The Morgan fingerprint density at radius 2 is 2.05 bits per heavy atom. The van der Waals surface area contributed by atoms with E-state index in [1.54, 1.807) is 0 Å². The van der Waals surface area contributed by atoms with Crippen molar-refractivity contribution in [1.82, 2.24) is 15.5 Å². The van der Waals surface area contributed by atoms with Gasteiger partial charge in [0.2, 0.25) is 11.8 Å². The van der Waals surface area contributed by atoms with Gasteiger partial charge < -0.3 is 9.73 Å². The largest absolute Gasteiger partial charge is 0.424 e. The standard InChI is InChI=1S/C16H21N3O/c1-12-18-19-16(20-12)11-17-15(10-13-6-5-7-13)14-8-3-2-4-9-14/h2-4,8-9,13,15,17H,5-7,10-11H2,1H3/t15-/m1/s1. The fraction of sp³-hybridized carbons (Fsp3) is 0.500. The van der Waals surface area contributed by atoms with Crippen LogP contribution in [0.15, 0.2) is 34.7 Å². The first-order valence-corrected chi connectivity index (χ1v) is 7.38. The highest BCUT2D eigenvalue weighted by Gasteiger charge is 2.23. The summed E-state index contributed by atoms with van der Waals surface area (Å²) in [6.45, 7) is 2.45. The van der Waals surface area contributed by atoms with Crippen LogP contribution in [0.5, 0.6) is 0 Å². The molecule has 20 heavy (non-hydrogen) atoms. The van der Waals surface area contributed by atoms with Gasteiger partial charge in [0, 0.05) is 13.0 Å². The van der Waals surface area contributed by atoms with Crippen LogP contribution in [-0.2, 0) is 6.54 Å². The van der Waals surface area contributed by atoms with Gasteiger partial charge in [-0.2, -0.15) is 0 Å². The van der Waals surface area contributed by atoms with Crippen molar-refractivity contribution < 1.29 is 4.42 Å². The number of aromatic nitrogens is 2. The molecule has 4 heteroatoms. The van der Waals surface area contributed by atoms with Crippen molar-refractivity contribution >= 4 is 0 Å². The Morgan fingerprint density at radius 3 is 2.65 bits per heavy atom. The Kier molecular flexibility index (Phi) is 4.11. The first-order valence-electron chi connectivity index (χ1n) is 7.38. The molecule has 1 aliphatic rings. The molecule has 0 bridgehead atoms. The summed E-state index contributed by atoms with van der Waals surface area (Å²) in [4.78, 5) is 0. The van der Waals surface area contributed by atoms with Crippen LogP contribution in [0.2, 0.25) is 0 Å². The van der Waals surface area contributed by atoms with E-state index in [1.165, 1.54) is 31.2 Å². The quantitative estimate of drug-likeness (QED) is 0.875. The van der Waals surface area contributed by atoms with E-state index >= 15 is 0 Å². The molecule has 1 saturated carbocycles. The second-order valence-corrected chi connectivity index (χ2v) is 5.59. The maximum Gasteiger partial charge on any atom is 0.230 e. The summed E-state index contributed by atoms with van der Waals surface area (Å²) in [6.07, 6.45) is 5.31. The highest BCUT2D eigenvalue weighted by atomic mass is 16.4. The summed E-state index contributed by atoms with van der Waals surface area (Å²) < 4.78 is 5.43. The first kappa shape index (κ1) is 13.3. The molecule has 4 nitrogen and oxygen atoms in total. The highest BCUT2D eigenvalue weighted by Crippen LogP contribution is 2.34. The number of rotatable bonds is 6. The van der Waals surface area contributed by atoms with Crippen molar-refractivity contribution in [1.29, 1.82) is 0 Å². The summed E-state index contributed by atoms with van der Waals surface area (Å²) in [6, 6.07) is 11.0. The maximum absolute atomic E-state index is 5.43. The van der Waals surface area contributed by atoms with E-state index in [2.05, 4.69) is 45.8 Å². The van der Waals surface area contributed by atoms with Gasteiger partial charge in [-0.1, -0.05) is 49.6 Å². The van der Waals surface area contributed by atoms with Gasteiger partial charge in [0.25, 0.3) is 0 Å². The maximum atomic E-state index is 5.43. The molecule has 0 radical (unpaired) electrons. The lowest BCUT2D eigenvalue weighted by molar-refractivity contribution is 0.257. The van der Waals surface area contributed by atoms with Crippen LogP contribution in [0.25, 0.3) is 0 Å². The number of nitrogens with one attached hydrogen (secondary N) is 1. The van der Waals surface area contributed by atoms with Gasteiger partial charge in [-0.05, 0) is 17.9 Å². The molecule has 0 unspecified atom stereocenters. The number of hydrogen-bond donors (Lipinski definition) is 1. The molecule has 2 aromatic rings. The minimum absolute atomic E-state index is 0.369. The third kappa shape index (κ3) is 3.25. The Labute approximate surface area is 119 Å². The normalized spacial score (nSPS) is 16.9. The predicted molar refractivity (Wildman–Crippen MR) is 77.0 cm³/mol.